The monoisotopic (exact) mass is 380 g/mol. The lowest BCUT2D eigenvalue weighted by Gasteiger charge is -2.25. The molecule has 0 fully saturated rings. The number of nitrogens with zero attached hydrogens (tertiary/aromatic N) is 1. The molecule has 0 radical (unpaired) electrons. The molecule has 0 saturated carbocycles. The predicted molar refractivity (Wildman–Crippen MR) is 97.6 cm³/mol. The number of amides is 1. The molecule has 2 rings (SSSR count). The van der Waals surface area contributed by atoms with E-state index in [0.717, 1.165) is 23.4 Å². The Morgan fingerprint density at radius 1 is 1.15 bits per heavy atom. The Labute approximate surface area is 156 Å². The zero-order valence-electron chi connectivity index (χ0n) is 15.5. The van der Waals surface area contributed by atoms with Gasteiger partial charge in [0.15, 0.2) is 0 Å². The summed E-state index contributed by atoms with van der Waals surface area (Å²) in [5, 5.41) is 2.80. The first-order valence-corrected chi connectivity index (χ1v) is 8.44. The minimum absolute atomic E-state index is 0.0682. The number of ether oxygens (including phenoxy) is 1. The van der Waals surface area contributed by atoms with E-state index in [1.165, 1.54) is 12.1 Å². The largest absolute Gasteiger partial charge is 0.497 e. The Morgan fingerprint density at radius 3 is 2.37 bits per heavy atom. The molecule has 146 valence electrons. The molecular formula is C20H23F3N2O2. The lowest BCUT2D eigenvalue weighted by atomic mass is 10.0. The average molecular weight is 380 g/mol. The number of halogens is 3. The van der Waals surface area contributed by atoms with Crippen molar-refractivity contribution in [1.29, 1.82) is 0 Å². The molecule has 0 spiro atoms. The topological polar surface area (TPSA) is 41.6 Å². The Morgan fingerprint density at radius 2 is 1.81 bits per heavy atom. The number of carbonyl (C=O) groups is 1. The average Bonchev–Trinajstić information content (AvgIpc) is 2.61. The number of hydrogen-bond acceptors (Lipinski definition) is 3. The second-order valence-electron chi connectivity index (χ2n) is 6.43. The lowest BCUT2D eigenvalue weighted by Crippen LogP contribution is -2.35. The molecule has 0 heterocycles. The van der Waals surface area contributed by atoms with Crippen molar-refractivity contribution in [3.05, 3.63) is 65.2 Å². The molecule has 0 aliphatic heterocycles. The number of hydrogen-bond donors (Lipinski definition) is 1. The van der Waals surface area contributed by atoms with Gasteiger partial charge in [0.05, 0.1) is 25.1 Å². The third kappa shape index (κ3) is 5.99. The standard InChI is InChI=1S/C20H23F3N2O2/c1-25(2)18(15-7-9-17(27-3)10-8-15)13-24-19(26)12-14-5-4-6-16(11-14)20(21,22)23/h4-11,18H,12-13H2,1-3H3,(H,24,26)/t18-/m1/s1. The van der Waals surface area contributed by atoms with Gasteiger partial charge in [-0.25, -0.2) is 0 Å². The first kappa shape index (κ1) is 20.8. The highest BCUT2D eigenvalue weighted by Gasteiger charge is 2.30. The van der Waals surface area contributed by atoms with Crippen LogP contribution in [0.25, 0.3) is 0 Å². The zero-order chi connectivity index (χ0) is 20.0. The highest BCUT2D eigenvalue weighted by molar-refractivity contribution is 5.78. The van der Waals surface area contributed by atoms with Crippen LogP contribution in [-0.4, -0.2) is 38.6 Å². The normalized spacial score (nSPS) is 12.7. The van der Waals surface area contributed by atoms with E-state index in [4.69, 9.17) is 4.74 Å². The molecule has 27 heavy (non-hydrogen) atoms. The maximum Gasteiger partial charge on any atom is 0.416 e. The summed E-state index contributed by atoms with van der Waals surface area (Å²) in [5.41, 5.74) is 0.575. The predicted octanol–water partition coefficient (Wildman–Crippen LogP) is 3.68. The van der Waals surface area contributed by atoms with Gasteiger partial charge in [-0.2, -0.15) is 13.2 Å². The van der Waals surface area contributed by atoms with Crippen LogP contribution >= 0.6 is 0 Å². The summed E-state index contributed by atoms with van der Waals surface area (Å²) in [6.07, 6.45) is -4.52. The van der Waals surface area contributed by atoms with Crippen molar-refractivity contribution in [3.63, 3.8) is 0 Å². The van der Waals surface area contributed by atoms with Gasteiger partial charge in [0, 0.05) is 6.54 Å². The van der Waals surface area contributed by atoms with Crippen LogP contribution in [0.15, 0.2) is 48.5 Å². The second kappa shape index (κ2) is 8.90. The van der Waals surface area contributed by atoms with E-state index in [0.29, 0.717) is 12.1 Å². The maximum absolute atomic E-state index is 12.8. The van der Waals surface area contributed by atoms with E-state index in [9.17, 15) is 18.0 Å². The van der Waals surface area contributed by atoms with Crippen LogP contribution in [0.1, 0.15) is 22.7 Å². The minimum atomic E-state index is -4.42. The molecule has 7 heteroatoms. The summed E-state index contributed by atoms with van der Waals surface area (Å²) >= 11 is 0. The number of nitrogens with one attached hydrogen (secondary N) is 1. The number of alkyl halides is 3. The quantitative estimate of drug-likeness (QED) is 0.797. The van der Waals surface area contributed by atoms with E-state index >= 15 is 0 Å². The van der Waals surface area contributed by atoms with Gasteiger partial charge in [-0.1, -0.05) is 30.3 Å². The Bertz CT molecular complexity index is 759. The van der Waals surface area contributed by atoms with Crippen LogP contribution in [0.2, 0.25) is 0 Å². The van der Waals surface area contributed by atoms with Crippen LogP contribution in [0.4, 0.5) is 13.2 Å². The van der Waals surface area contributed by atoms with Gasteiger partial charge in [0.2, 0.25) is 5.91 Å². The first-order chi connectivity index (χ1) is 12.7. The Kier molecular flexibility index (Phi) is 6.85. The minimum Gasteiger partial charge on any atom is -0.497 e. The maximum atomic E-state index is 12.8. The number of benzene rings is 2. The fourth-order valence-electron chi connectivity index (χ4n) is 2.74. The highest BCUT2D eigenvalue weighted by atomic mass is 19.4. The first-order valence-electron chi connectivity index (χ1n) is 8.44. The second-order valence-corrected chi connectivity index (χ2v) is 6.43. The van der Waals surface area contributed by atoms with Gasteiger partial charge in [0.25, 0.3) is 0 Å². The van der Waals surface area contributed by atoms with E-state index in [1.54, 1.807) is 7.11 Å². The molecule has 1 amide bonds. The Hall–Kier alpha value is -2.54. The summed E-state index contributed by atoms with van der Waals surface area (Å²) in [7, 11) is 5.38. The van der Waals surface area contributed by atoms with Crippen LogP contribution in [-0.2, 0) is 17.4 Å². The molecule has 0 saturated heterocycles. The van der Waals surface area contributed by atoms with Crippen molar-refractivity contribution in [2.45, 2.75) is 18.6 Å². The molecule has 0 aromatic heterocycles. The number of likely N-dealkylation sites (N-methyl/N-ethyl adjacent to an activating group) is 1. The Balaban J connectivity index is 1.99. The van der Waals surface area contributed by atoms with Crippen molar-refractivity contribution in [3.8, 4) is 5.75 Å². The summed E-state index contributed by atoms with van der Waals surface area (Å²) < 4.78 is 43.5. The van der Waals surface area contributed by atoms with Gasteiger partial charge in [0.1, 0.15) is 5.75 Å². The van der Waals surface area contributed by atoms with Crippen LogP contribution in [0, 0.1) is 0 Å². The van der Waals surface area contributed by atoms with Crippen molar-refractivity contribution in [1.82, 2.24) is 10.2 Å². The van der Waals surface area contributed by atoms with Gasteiger partial charge >= 0.3 is 6.18 Å². The van der Waals surface area contributed by atoms with Gasteiger partial charge in [-0.05, 0) is 43.4 Å². The molecular weight excluding hydrogens is 357 g/mol. The molecule has 0 aliphatic rings. The molecule has 4 nitrogen and oxygen atoms in total. The third-order valence-electron chi connectivity index (χ3n) is 4.24. The van der Waals surface area contributed by atoms with E-state index in [2.05, 4.69) is 5.32 Å². The molecule has 0 bridgehead atoms. The van der Waals surface area contributed by atoms with Crippen LogP contribution in [0.5, 0.6) is 5.75 Å². The fourth-order valence-corrected chi connectivity index (χ4v) is 2.74. The SMILES string of the molecule is COc1ccc([C@@H](CNC(=O)Cc2cccc(C(F)(F)F)c2)N(C)C)cc1. The molecule has 2 aromatic carbocycles. The zero-order valence-corrected chi connectivity index (χ0v) is 15.5. The van der Waals surface area contributed by atoms with Crippen molar-refractivity contribution in [2.75, 3.05) is 27.7 Å². The smallest absolute Gasteiger partial charge is 0.416 e. The van der Waals surface area contributed by atoms with Crippen LogP contribution < -0.4 is 10.1 Å². The van der Waals surface area contributed by atoms with E-state index in [-0.39, 0.29) is 18.4 Å². The van der Waals surface area contributed by atoms with Crippen LogP contribution in [0.3, 0.4) is 0 Å². The van der Waals surface area contributed by atoms with Gasteiger partial charge < -0.3 is 15.0 Å². The van der Waals surface area contributed by atoms with E-state index in [1.807, 2.05) is 43.3 Å². The summed E-state index contributed by atoms with van der Waals surface area (Å²) in [5.74, 6) is 0.416. The molecule has 1 atom stereocenters. The number of methoxy groups -OCH3 is 1. The van der Waals surface area contributed by atoms with E-state index < -0.39 is 11.7 Å². The number of rotatable bonds is 7. The highest BCUT2D eigenvalue weighted by Crippen LogP contribution is 2.29. The fraction of sp³-hybridized carbons (Fsp3) is 0.350. The summed E-state index contributed by atoms with van der Waals surface area (Å²) in [6, 6.07) is 12.3. The van der Waals surface area contributed by atoms with Crippen molar-refractivity contribution < 1.29 is 22.7 Å². The molecule has 0 aliphatic carbocycles. The van der Waals surface area contributed by atoms with Crippen molar-refractivity contribution in [2.24, 2.45) is 0 Å². The number of carbonyl (C=O) groups excluding carboxylic acids is 1. The lowest BCUT2D eigenvalue weighted by molar-refractivity contribution is -0.137. The summed E-state index contributed by atoms with van der Waals surface area (Å²) in [6.45, 7) is 0.344. The summed E-state index contributed by atoms with van der Waals surface area (Å²) in [4.78, 5) is 14.2. The van der Waals surface area contributed by atoms with Crippen molar-refractivity contribution >= 4 is 5.91 Å². The molecule has 2 aromatic rings. The van der Waals surface area contributed by atoms with Gasteiger partial charge in [-0.15, -0.1) is 0 Å². The molecule has 1 N–H and O–H groups in total. The molecule has 0 unspecified atom stereocenters. The third-order valence-corrected chi connectivity index (χ3v) is 4.24. The van der Waals surface area contributed by atoms with Gasteiger partial charge in [-0.3, -0.25) is 4.79 Å².